The van der Waals surface area contributed by atoms with Crippen LogP contribution in [-0.2, 0) is 4.74 Å². The first-order valence-corrected chi connectivity index (χ1v) is 12.6. The molecular formula is C29H29O2S+. The fourth-order valence-electron chi connectivity index (χ4n) is 5.14. The Hall–Kier alpha value is -2.91. The molecule has 0 saturated carbocycles. The molecular weight excluding hydrogens is 412 g/mol. The Morgan fingerprint density at radius 3 is 2.25 bits per heavy atom. The highest BCUT2D eigenvalue weighted by Gasteiger charge is 2.35. The third-order valence-electron chi connectivity index (χ3n) is 6.72. The monoisotopic (exact) mass is 441 g/mol. The smallest absolute Gasteiger partial charge is 0.338 e. The quantitative estimate of drug-likeness (QED) is 0.180. The van der Waals surface area contributed by atoms with Gasteiger partial charge in [-0.2, -0.15) is 0 Å². The number of rotatable bonds is 4. The third kappa shape index (κ3) is 3.65. The average Bonchev–Trinajstić information content (AvgIpc) is 3.13. The molecule has 162 valence electrons. The molecule has 1 heterocycles. The minimum Gasteiger partial charge on any atom is -0.455 e. The Morgan fingerprint density at radius 2 is 1.59 bits per heavy atom. The van der Waals surface area contributed by atoms with Gasteiger partial charge in [-0.15, -0.1) is 0 Å². The molecule has 4 aromatic rings. The number of allylic oxidation sites excluding steroid dienone is 1. The fourth-order valence-corrected chi connectivity index (χ4v) is 7.57. The van der Waals surface area contributed by atoms with Crippen LogP contribution < -0.4 is 0 Å². The van der Waals surface area contributed by atoms with Gasteiger partial charge in [-0.3, -0.25) is 0 Å². The van der Waals surface area contributed by atoms with Gasteiger partial charge in [0.05, 0.1) is 5.56 Å². The van der Waals surface area contributed by atoms with Gasteiger partial charge in [0.25, 0.3) is 0 Å². The van der Waals surface area contributed by atoms with Crippen LogP contribution in [0.5, 0.6) is 0 Å². The summed E-state index contributed by atoms with van der Waals surface area (Å²) in [5.41, 5.74) is 1.44. The molecule has 0 spiro atoms. The molecule has 1 unspecified atom stereocenters. The van der Waals surface area contributed by atoms with Crippen molar-refractivity contribution in [3.63, 3.8) is 0 Å². The summed E-state index contributed by atoms with van der Waals surface area (Å²) in [6.45, 7) is 6.26. The third-order valence-corrected chi connectivity index (χ3v) is 9.03. The van der Waals surface area contributed by atoms with Crippen molar-refractivity contribution in [2.75, 3.05) is 0 Å². The number of benzene rings is 3. The molecule has 0 fully saturated rings. The van der Waals surface area contributed by atoms with Gasteiger partial charge in [-0.1, -0.05) is 42.0 Å². The number of carbonyl (C=O) groups excluding carboxylic acids is 1. The number of esters is 1. The maximum Gasteiger partial charge on any atom is 0.338 e. The van der Waals surface area contributed by atoms with Crippen molar-refractivity contribution in [1.29, 1.82) is 0 Å². The van der Waals surface area contributed by atoms with E-state index in [1.807, 2.05) is 32.0 Å². The van der Waals surface area contributed by atoms with E-state index in [2.05, 4.69) is 67.6 Å². The SMILES string of the molecule is CC1=CCCCC1C(C)(C)OC(=O)c1cccc(-[s+]2c3ccccc3c3ccccc32)c1. The van der Waals surface area contributed by atoms with E-state index in [9.17, 15) is 4.79 Å². The summed E-state index contributed by atoms with van der Waals surface area (Å²) in [5.74, 6) is 0.0402. The van der Waals surface area contributed by atoms with Gasteiger partial charge in [0.1, 0.15) is 5.60 Å². The van der Waals surface area contributed by atoms with Crippen LogP contribution in [-0.4, -0.2) is 11.6 Å². The molecule has 2 nitrogen and oxygen atoms in total. The molecule has 1 aromatic heterocycles. The van der Waals surface area contributed by atoms with E-state index in [0.717, 1.165) is 24.2 Å². The predicted octanol–water partition coefficient (Wildman–Crippen LogP) is 8.41. The first-order valence-electron chi connectivity index (χ1n) is 11.4. The number of hydrogen-bond donors (Lipinski definition) is 0. The van der Waals surface area contributed by atoms with E-state index in [4.69, 9.17) is 4.74 Å². The topological polar surface area (TPSA) is 26.3 Å². The summed E-state index contributed by atoms with van der Waals surface area (Å²) < 4.78 is 8.76. The van der Waals surface area contributed by atoms with Crippen LogP contribution in [0.25, 0.3) is 25.1 Å². The van der Waals surface area contributed by atoms with Gasteiger partial charge < -0.3 is 4.74 Å². The van der Waals surface area contributed by atoms with Gasteiger partial charge in [0.15, 0.2) is 14.3 Å². The lowest BCUT2D eigenvalue weighted by molar-refractivity contribution is -0.0249. The number of thiophene rings is 1. The average molecular weight is 442 g/mol. The molecule has 1 aliphatic carbocycles. The van der Waals surface area contributed by atoms with Crippen molar-refractivity contribution in [3.05, 3.63) is 90.0 Å². The summed E-state index contributed by atoms with van der Waals surface area (Å²) in [6.07, 6.45) is 5.64. The maximum atomic E-state index is 13.2. The highest BCUT2D eigenvalue weighted by Crippen LogP contribution is 2.48. The van der Waals surface area contributed by atoms with E-state index in [1.54, 1.807) is 0 Å². The molecule has 1 aliphatic rings. The van der Waals surface area contributed by atoms with Crippen LogP contribution in [0.15, 0.2) is 84.4 Å². The largest absolute Gasteiger partial charge is 0.455 e. The Bertz CT molecular complexity index is 1290. The van der Waals surface area contributed by atoms with Crippen LogP contribution in [0.3, 0.4) is 0 Å². The van der Waals surface area contributed by atoms with E-state index < -0.39 is 5.60 Å². The van der Waals surface area contributed by atoms with E-state index >= 15 is 0 Å². The lowest BCUT2D eigenvalue weighted by Gasteiger charge is -2.36. The zero-order valence-corrected chi connectivity index (χ0v) is 19.7. The van der Waals surface area contributed by atoms with Crippen LogP contribution >= 0.6 is 10.5 Å². The van der Waals surface area contributed by atoms with E-state index in [0.29, 0.717) is 5.56 Å². The number of carbonyl (C=O) groups is 1. The molecule has 0 aliphatic heterocycles. The second-order valence-corrected chi connectivity index (χ2v) is 11.2. The van der Waals surface area contributed by atoms with E-state index in [-0.39, 0.29) is 22.4 Å². The van der Waals surface area contributed by atoms with Crippen molar-refractivity contribution in [3.8, 4) is 4.90 Å². The molecule has 0 saturated heterocycles. The van der Waals surface area contributed by atoms with Gasteiger partial charge in [0.2, 0.25) is 0 Å². The van der Waals surface area contributed by atoms with Crippen molar-refractivity contribution >= 4 is 36.6 Å². The van der Waals surface area contributed by atoms with Crippen LogP contribution in [0, 0.1) is 5.92 Å². The highest BCUT2D eigenvalue weighted by molar-refractivity contribution is 7.50. The zero-order chi connectivity index (χ0) is 22.3. The molecule has 0 amide bonds. The summed E-state index contributed by atoms with van der Waals surface area (Å²) >= 11 is 0. The lowest BCUT2D eigenvalue weighted by atomic mass is 9.78. The first-order chi connectivity index (χ1) is 15.5. The first kappa shape index (κ1) is 21.0. The van der Waals surface area contributed by atoms with E-state index in [1.165, 1.54) is 25.7 Å². The molecule has 32 heavy (non-hydrogen) atoms. The predicted molar refractivity (Wildman–Crippen MR) is 136 cm³/mol. The minimum absolute atomic E-state index is 0.217. The van der Waals surface area contributed by atoms with Gasteiger partial charge in [-0.05, 0) is 76.4 Å². The second kappa shape index (κ2) is 8.22. The molecule has 3 heteroatoms. The lowest BCUT2D eigenvalue weighted by Crippen LogP contribution is -2.38. The van der Waals surface area contributed by atoms with Crippen molar-refractivity contribution in [2.45, 2.75) is 45.6 Å². The van der Waals surface area contributed by atoms with Gasteiger partial charge >= 0.3 is 5.97 Å². The summed E-state index contributed by atoms with van der Waals surface area (Å²) in [7, 11) is -0.217. The molecule has 0 bridgehead atoms. The van der Waals surface area contributed by atoms with Crippen LogP contribution in [0.2, 0.25) is 0 Å². The Balaban J connectivity index is 1.52. The number of fused-ring (bicyclic) bond motifs is 3. The molecule has 0 radical (unpaired) electrons. The Morgan fingerprint density at radius 1 is 0.938 bits per heavy atom. The molecule has 1 atom stereocenters. The zero-order valence-electron chi connectivity index (χ0n) is 18.9. The number of hydrogen-bond acceptors (Lipinski definition) is 2. The van der Waals surface area contributed by atoms with Crippen molar-refractivity contribution in [2.24, 2.45) is 5.92 Å². The van der Waals surface area contributed by atoms with Crippen molar-refractivity contribution in [1.82, 2.24) is 0 Å². The Kier molecular flexibility index (Phi) is 5.38. The number of ether oxygens (including phenoxy) is 1. The summed E-state index contributed by atoms with van der Waals surface area (Å²) in [5, 5.41) is 2.58. The van der Waals surface area contributed by atoms with Crippen molar-refractivity contribution < 1.29 is 9.53 Å². The van der Waals surface area contributed by atoms with Gasteiger partial charge in [-0.25, -0.2) is 4.79 Å². The maximum absolute atomic E-state index is 13.2. The normalized spacial score (nSPS) is 16.8. The van der Waals surface area contributed by atoms with Crippen LogP contribution in [0.1, 0.15) is 50.4 Å². The molecule has 3 aromatic carbocycles. The molecule has 0 N–H and O–H groups in total. The summed E-state index contributed by atoms with van der Waals surface area (Å²) in [6, 6.07) is 25.3. The fraction of sp³-hybridized carbons (Fsp3) is 0.276. The summed E-state index contributed by atoms with van der Waals surface area (Å²) in [4.78, 5) is 14.4. The van der Waals surface area contributed by atoms with Crippen LogP contribution in [0.4, 0.5) is 0 Å². The molecule has 5 rings (SSSR count). The standard InChI is InChI=1S/C29H29O2S/c1-20-11-4-7-16-25(20)29(2,3)31-28(30)21-12-10-13-22(19-21)32-26-17-8-5-14-23(26)24-15-6-9-18-27(24)32/h5-6,8-15,17-19,25H,4,7,16H2,1-3H3/q+1. The van der Waals surface area contributed by atoms with Gasteiger partial charge in [0, 0.05) is 33.2 Å². The minimum atomic E-state index is -0.525. The highest BCUT2D eigenvalue weighted by atomic mass is 32.2. The Labute approximate surface area is 192 Å². The second-order valence-electron chi connectivity index (χ2n) is 9.25.